The molecule has 26 heavy (non-hydrogen) atoms. The van der Waals surface area contributed by atoms with Crippen molar-refractivity contribution in [1.29, 1.82) is 0 Å². The second-order valence-corrected chi connectivity index (χ2v) is 6.92. The summed E-state index contributed by atoms with van der Waals surface area (Å²) >= 11 is 6.73. The lowest BCUT2D eigenvalue weighted by Crippen LogP contribution is -2.28. The Bertz CT molecular complexity index is 1020. The lowest BCUT2D eigenvalue weighted by atomic mass is 10.2. The van der Waals surface area contributed by atoms with Crippen LogP contribution in [0.3, 0.4) is 0 Å². The zero-order valence-electron chi connectivity index (χ0n) is 13.0. The number of carbonyl (C=O) groups is 2. The van der Waals surface area contributed by atoms with Crippen LogP contribution in [0.1, 0.15) is 10.4 Å². The smallest absolute Gasteiger partial charge is 0.283 e. The molecule has 3 rings (SSSR count). The minimum Gasteiger partial charge on any atom is -0.493 e. The Morgan fingerprint density at radius 3 is 2.85 bits per heavy atom. The van der Waals surface area contributed by atoms with Crippen LogP contribution < -0.4 is 5.32 Å². The highest BCUT2D eigenvalue weighted by atomic mass is 79.9. The van der Waals surface area contributed by atoms with Crippen molar-refractivity contribution in [2.75, 3.05) is 6.54 Å². The summed E-state index contributed by atoms with van der Waals surface area (Å²) in [5.41, 5.74) is 1.09. The van der Waals surface area contributed by atoms with Gasteiger partial charge in [0.1, 0.15) is 6.54 Å². The number of fused-ring (bicyclic) bond motifs is 1. The third-order valence-electron chi connectivity index (χ3n) is 3.36. The van der Waals surface area contributed by atoms with E-state index in [-0.39, 0.29) is 18.1 Å². The first-order valence-corrected chi connectivity index (χ1v) is 8.87. The number of H-pyrrole nitrogens is 1. The molecule has 1 aromatic carbocycles. The van der Waals surface area contributed by atoms with Gasteiger partial charge in [-0.15, -0.1) is 10.2 Å². The number of amides is 2. The number of azo groups is 1. The molecule has 10 heteroatoms. The monoisotopic (exact) mass is 479 g/mol. The van der Waals surface area contributed by atoms with E-state index >= 15 is 0 Å². The van der Waals surface area contributed by atoms with Gasteiger partial charge in [-0.1, -0.05) is 15.9 Å². The number of nitrogens with zero attached hydrogens (tertiary/aromatic N) is 3. The summed E-state index contributed by atoms with van der Waals surface area (Å²) in [5, 5.41) is 20.4. The predicted molar refractivity (Wildman–Crippen MR) is 101 cm³/mol. The van der Waals surface area contributed by atoms with Crippen LogP contribution in [-0.2, 0) is 4.79 Å². The molecule has 0 bridgehead atoms. The van der Waals surface area contributed by atoms with Gasteiger partial charge in [0.2, 0.25) is 5.88 Å². The van der Waals surface area contributed by atoms with E-state index in [0.29, 0.717) is 20.9 Å². The Kier molecular flexibility index (Phi) is 5.43. The number of hydrogen-bond acceptors (Lipinski definition) is 5. The Balaban J connectivity index is 1.72. The van der Waals surface area contributed by atoms with E-state index in [1.54, 1.807) is 30.5 Å². The number of halogens is 2. The summed E-state index contributed by atoms with van der Waals surface area (Å²) in [6.45, 7) is -0.326. The molecule has 8 nitrogen and oxygen atoms in total. The van der Waals surface area contributed by atoms with Gasteiger partial charge in [-0.3, -0.25) is 14.6 Å². The van der Waals surface area contributed by atoms with Gasteiger partial charge in [0.05, 0.1) is 11.1 Å². The summed E-state index contributed by atoms with van der Waals surface area (Å²) < 4.78 is 1.48. The van der Waals surface area contributed by atoms with E-state index in [9.17, 15) is 14.7 Å². The molecule has 3 aromatic rings. The van der Waals surface area contributed by atoms with Crippen molar-refractivity contribution in [2.45, 2.75) is 0 Å². The summed E-state index contributed by atoms with van der Waals surface area (Å²) in [7, 11) is 0. The molecule has 0 aliphatic carbocycles. The third kappa shape index (κ3) is 3.97. The van der Waals surface area contributed by atoms with Crippen LogP contribution in [0.15, 0.2) is 55.8 Å². The number of aromatic hydroxyl groups is 1. The molecule has 0 spiro atoms. The first-order chi connectivity index (χ1) is 12.5. The van der Waals surface area contributed by atoms with Gasteiger partial charge in [0, 0.05) is 26.7 Å². The predicted octanol–water partition coefficient (Wildman–Crippen LogP) is 3.83. The normalized spacial score (nSPS) is 11.2. The summed E-state index contributed by atoms with van der Waals surface area (Å²) in [6, 6.07) is 6.73. The molecule has 0 fully saturated rings. The van der Waals surface area contributed by atoms with Gasteiger partial charge in [-0.25, -0.2) is 0 Å². The maximum atomic E-state index is 11.9. The number of aromatic nitrogens is 2. The summed E-state index contributed by atoms with van der Waals surface area (Å²) in [4.78, 5) is 30.3. The lowest BCUT2D eigenvalue weighted by Gasteiger charge is -2.01. The van der Waals surface area contributed by atoms with E-state index in [1.165, 1.54) is 6.20 Å². The average Bonchev–Trinajstić information content (AvgIpc) is 2.94. The summed E-state index contributed by atoms with van der Waals surface area (Å²) in [6.07, 6.45) is 2.93. The van der Waals surface area contributed by atoms with Gasteiger partial charge in [-0.05, 0) is 40.2 Å². The van der Waals surface area contributed by atoms with Crippen LogP contribution in [0.4, 0.5) is 5.69 Å². The molecule has 0 saturated heterocycles. The number of benzene rings is 1. The first-order valence-electron chi connectivity index (χ1n) is 7.28. The number of rotatable bonds is 4. The van der Waals surface area contributed by atoms with Crippen molar-refractivity contribution in [3.63, 3.8) is 0 Å². The minimum atomic E-state index is -0.662. The third-order valence-corrected chi connectivity index (χ3v) is 4.45. The van der Waals surface area contributed by atoms with Crippen LogP contribution in [0.25, 0.3) is 10.9 Å². The fraction of sp³-hybridized carbons (Fsp3) is 0.0625. The van der Waals surface area contributed by atoms with E-state index in [2.05, 4.69) is 57.4 Å². The van der Waals surface area contributed by atoms with E-state index in [0.717, 1.165) is 4.47 Å². The topological polar surface area (TPSA) is 120 Å². The fourth-order valence-corrected chi connectivity index (χ4v) is 3.51. The molecule has 0 atom stereocenters. The zero-order valence-corrected chi connectivity index (χ0v) is 16.2. The molecule has 0 aliphatic rings. The minimum absolute atomic E-state index is 0.133. The molecule has 0 radical (unpaired) electrons. The molecule has 2 heterocycles. The highest BCUT2D eigenvalue weighted by Crippen LogP contribution is 2.40. The molecule has 3 N–H and O–H groups in total. The highest BCUT2D eigenvalue weighted by molar-refractivity contribution is 9.11. The Labute approximate surface area is 164 Å². The van der Waals surface area contributed by atoms with Crippen molar-refractivity contribution >= 4 is 60.3 Å². The van der Waals surface area contributed by atoms with Crippen molar-refractivity contribution in [1.82, 2.24) is 15.3 Å². The quantitative estimate of drug-likeness (QED) is 0.491. The molecule has 132 valence electrons. The highest BCUT2D eigenvalue weighted by Gasteiger charge is 2.14. The van der Waals surface area contributed by atoms with Crippen LogP contribution in [0, 0.1) is 0 Å². The number of hydrogen-bond donors (Lipinski definition) is 3. The van der Waals surface area contributed by atoms with E-state index in [4.69, 9.17) is 0 Å². The largest absolute Gasteiger partial charge is 0.493 e. The maximum absolute atomic E-state index is 11.9. The van der Waals surface area contributed by atoms with Gasteiger partial charge >= 0.3 is 0 Å². The summed E-state index contributed by atoms with van der Waals surface area (Å²) in [5.74, 6) is -1.32. The maximum Gasteiger partial charge on any atom is 0.283 e. The van der Waals surface area contributed by atoms with Gasteiger partial charge in [0.25, 0.3) is 11.8 Å². The Hall–Kier alpha value is -2.59. The van der Waals surface area contributed by atoms with Crippen LogP contribution in [0.5, 0.6) is 5.88 Å². The molecule has 0 saturated carbocycles. The van der Waals surface area contributed by atoms with Crippen LogP contribution >= 0.6 is 31.9 Å². The van der Waals surface area contributed by atoms with Crippen molar-refractivity contribution in [2.24, 2.45) is 10.2 Å². The average molecular weight is 481 g/mol. The van der Waals surface area contributed by atoms with Gasteiger partial charge < -0.3 is 15.4 Å². The van der Waals surface area contributed by atoms with Crippen molar-refractivity contribution in [3.05, 3.63) is 51.2 Å². The van der Waals surface area contributed by atoms with E-state index < -0.39 is 11.8 Å². The Morgan fingerprint density at radius 2 is 2.12 bits per heavy atom. The first kappa shape index (κ1) is 18.2. The van der Waals surface area contributed by atoms with Crippen LogP contribution in [-0.4, -0.2) is 33.4 Å². The van der Waals surface area contributed by atoms with Gasteiger partial charge in [0.15, 0.2) is 5.69 Å². The SMILES string of the molecule is O=C(CNC(=O)c1cccnc1)N=Nc1c(O)[nH]c2c(Br)cc(Br)cc12. The molecule has 0 unspecified atom stereocenters. The van der Waals surface area contributed by atoms with E-state index in [1.807, 2.05) is 0 Å². The van der Waals surface area contributed by atoms with Crippen molar-refractivity contribution in [3.8, 4) is 5.88 Å². The Morgan fingerprint density at radius 1 is 1.31 bits per heavy atom. The second-order valence-electron chi connectivity index (χ2n) is 5.15. The number of carbonyl (C=O) groups excluding carboxylic acids is 2. The molecule has 2 aromatic heterocycles. The van der Waals surface area contributed by atoms with Gasteiger partial charge in [-0.2, -0.15) is 0 Å². The standard InChI is InChI=1S/C16H11Br2N5O3/c17-9-4-10-13(11(18)5-9)21-16(26)14(10)23-22-12(24)7-20-15(25)8-2-1-3-19-6-8/h1-6,21,26H,7H2,(H,20,25). The molecular formula is C16H11Br2N5O3. The van der Waals surface area contributed by atoms with Crippen molar-refractivity contribution < 1.29 is 14.7 Å². The molecular weight excluding hydrogens is 470 g/mol. The lowest BCUT2D eigenvalue weighted by molar-refractivity contribution is -0.117. The molecule has 0 aliphatic heterocycles. The number of nitrogens with one attached hydrogen (secondary N) is 2. The van der Waals surface area contributed by atoms with Crippen LogP contribution in [0.2, 0.25) is 0 Å². The number of pyridine rings is 1. The number of aromatic amines is 1. The molecule has 2 amide bonds. The fourth-order valence-electron chi connectivity index (χ4n) is 2.19. The zero-order chi connectivity index (χ0) is 18.7. The second kappa shape index (κ2) is 7.75.